The maximum absolute atomic E-state index is 10.5. The predicted molar refractivity (Wildman–Crippen MR) is 39.3 cm³/mol. The smallest absolute Gasteiger partial charge is 0.126 e. The van der Waals surface area contributed by atoms with Gasteiger partial charge in [-0.2, -0.15) is 0 Å². The fourth-order valence-corrected chi connectivity index (χ4v) is 0.177. The zero-order valence-electron chi connectivity index (χ0n) is 6.99. The highest BCUT2D eigenvalue weighted by atomic mass is 16.1. The molecule has 54 valence electrons. The monoisotopic (exact) mass is 128 g/mol. The summed E-state index contributed by atoms with van der Waals surface area (Å²) in [5, 5.41) is 0. The Morgan fingerprint density at radius 3 is 1.33 bits per heavy atom. The topological polar surface area (TPSA) is 17.1 Å². The molecule has 0 aromatic heterocycles. The van der Waals surface area contributed by atoms with E-state index in [1.807, 2.05) is 13.8 Å². The number of rotatable bonds is 1. The van der Waals surface area contributed by atoms with Gasteiger partial charge in [-0.15, -0.1) is 0 Å². The summed E-state index contributed by atoms with van der Waals surface area (Å²) in [6.45, 7) is 10.1. The maximum Gasteiger partial charge on any atom is 0.126 e. The van der Waals surface area contributed by atoms with Gasteiger partial charge < -0.3 is 4.79 Å². The van der Waals surface area contributed by atoms with Crippen LogP contribution in [0.15, 0.2) is 0 Å². The van der Waals surface area contributed by atoms with Gasteiger partial charge in [0.1, 0.15) is 6.29 Å². The van der Waals surface area contributed by atoms with Crippen LogP contribution in [0.3, 0.4) is 0 Å². The summed E-state index contributed by atoms with van der Waals surface area (Å²) in [6.07, 6.45) is 1.02. The second kappa shape index (κ2) is 2.13. The summed E-state index contributed by atoms with van der Waals surface area (Å²) in [5.74, 6) is 0. The summed E-state index contributed by atoms with van der Waals surface area (Å²) in [5.41, 5.74) is -0.123. The van der Waals surface area contributed by atoms with Crippen molar-refractivity contribution < 1.29 is 4.79 Å². The van der Waals surface area contributed by atoms with Gasteiger partial charge in [-0.1, -0.05) is 34.6 Å². The second-order valence-electron chi connectivity index (χ2n) is 4.09. The average molecular weight is 128 g/mol. The highest BCUT2D eigenvalue weighted by Gasteiger charge is 2.31. The van der Waals surface area contributed by atoms with Crippen molar-refractivity contribution in [1.29, 1.82) is 0 Å². The van der Waals surface area contributed by atoms with Crippen LogP contribution in [-0.2, 0) is 4.79 Å². The number of carbonyl (C=O) groups excluding carboxylic acids is 1. The number of hydrogen-bond donors (Lipinski definition) is 0. The van der Waals surface area contributed by atoms with Gasteiger partial charge in [0.15, 0.2) is 0 Å². The SMILES string of the molecule is CC(C)(C)C(C)(C)C=O. The maximum atomic E-state index is 10.5. The van der Waals surface area contributed by atoms with Crippen LogP contribution in [0, 0.1) is 10.8 Å². The molecule has 0 aromatic rings. The standard InChI is InChI=1S/C8H16O/c1-7(2,3)8(4,5)6-9/h6H,1-5H3. The number of carbonyl (C=O) groups is 1. The first kappa shape index (κ1) is 8.67. The molecule has 0 saturated carbocycles. The molecule has 0 spiro atoms. The molecule has 0 atom stereocenters. The Bertz CT molecular complexity index is 106. The lowest BCUT2D eigenvalue weighted by molar-refractivity contribution is -0.119. The molecule has 0 radical (unpaired) electrons. The van der Waals surface area contributed by atoms with E-state index in [2.05, 4.69) is 20.8 Å². The summed E-state index contributed by atoms with van der Waals surface area (Å²) >= 11 is 0. The van der Waals surface area contributed by atoms with Crippen LogP contribution in [0.4, 0.5) is 0 Å². The molecule has 0 aromatic carbocycles. The third kappa shape index (κ3) is 1.81. The molecule has 0 bridgehead atoms. The van der Waals surface area contributed by atoms with E-state index in [1.165, 1.54) is 0 Å². The van der Waals surface area contributed by atoms with E-state index in [0.29, 0.717) is 0 Å². The third-order valence-corrected chi connectivity index (χ3v) is 2.23. The summed E-state index contributed by atoms with van der Waals surface area (Å²) in [6, 6.07) is 0. The molecule has 0 heterocycles. The van der Waals surface area contributed by atoms with Crippen molar-refractivity contribution >= 4 is 6.29 Å². The minimum absolute atomic E-state index is 0.0781. The average Bonchev–Trinajstić information content (AvgIpc) is 1.64. The fourth-order valence-electron chi connectivity index (χ4n) is 0.177. The zero-order chi connectivity index (χ0) is 7.71. The van der Waals surface area contributed by atoms with Crippen molar-refractivity contribution in [3.63, 3.8) is 0 Å². The first-order valence-electron chi connectivity index (χ1n) is 3.27. The first-order valence-corrected chi connectivity index (χ1v) is 3.27. The van der Waals surface area contributed by atoms with Gasteiger partial charge in [0.05, 0.1) is 0 Å². The number of hydrogen-bond acceptors (Lipinski definition) is 1. The Morgan fingerprint density at radius 2 is 1.33 bits per heavy atom. The molecule has 0 amide bonds. The molecule has 0 saturated heterocycles. The van der Waals surface area contributed by atoms with Gasteiger partial charge >= 0.3 is 0 Å². The largest absolute Gasteiger partial charge is 0.303 e. The van der Waals surface area contributed by atoms with Crippen LogP contribution < -0.4 is 0 Å². The van der Waals surface area contributed by atoms with Gasteiger partial charge in [-0.25, -0.2) is 0 Å². The summed E-state index contributed by atoms with van der Waals surface area (Å²) in [4.78, 5) is 10.5. The van der Waals surface area contributed by atoms with E-state index < -0.39 is 0 Å². The Labute approximate surface area is 57.5 Å². The molecule has 0 aliphatic heterocycles. The number of aldehydes is 1. The minimum atomic E-state index is -0.201. The normalized spacial score (nSPS) is 13.4. The quantitative estimate of drug-likeness (QED) is 0.495. The van der Waals surface area contributed by atoms with Crippen molar-refractivity contribution in [2.75, 3.05) is 0 Å². The van der Waals surface area contributed by atoms with E-state index in [4.69, 9.17) is 0 Å². The van der Waals surface area contributed by atoms with Gasteiger partial charge in [-0.05, 0) is 5.41 Å². The van der Waals surface area contributed by atoms with Crippen molar-refractivity contribution in [1.82, 2.24) is 0 Å². The second-order valence-corrected chi connectivity index (χ2v) is 4.09. The van der Waals surface area contributed by atoms with Crippen molar-refractivity contribution in [3.05, 3.63) is 0 Å². The Morgan fingerprint density at radius 1 is 1.00 bits per heavy atom. The first-order chi connectivity index (χ1) is 3.81. The summed E-state index contributed by atoms with van der Waals surface area (Å²) < 4.78 is 0. The molecule has 0 rings (SSSR count). The molecule has 0 aliphatic carbocycles. The van der Waals surface area contributed by atoms with Crippen molar-refractivity contribution in [3.8, 4) is 0 Å². The molecular weight excluding hydrogens is 112 g/mol. The highest BCUT2D eigenvalue weighted by molar-refractivity contribution is 5.59. The van der Waals surface area contributed by atoms with Crippen LogP contribution in [0.5, 0.6) is 0 Å². The zero-order valence-corrected chi connectivity index (χ0v) is 6.99. The van der Waals surface area contributed by atoms with Crippen molar-refractivity contribution in [2.45, 2.75) is 34.6 Å². The molecule has 0 fully saturated rings. The van der Waals surface area contributed by atoms with Gasteiger partial charge in [0.25, 0.3) is 0 Å². The molecule has 0 unspecified atom stereocenters. The Kier molecular flexibility index (Phi) is 2.05. The van der Waals surface area contributed by atoms with Gasteiger partial charge in [0, 0.05) is 5.41 Å². The summed E-state index contributed by atoms with van der Waals surface area (Å²) in [7, 11) is 0. The highest BCUT2D eigenvalue weighted by Crippen LogP contribution is 2.35. The van der Waals surface area contributed by atoms with Crippen LogP contribution >= 0.6 is 0 Å². The van der Waals surface area contributed by atoms with Crippen LogP contribution in [-0.4, -0.2) is 6.29 Å². The van der Waals surface area contributed by atoms with E-state index in [1.54, 1.807) is 0 Å². The minimum Gasteiger partial charge on any atom is -0.303 e. The molecular formula is C8H16O. The van der Waals surface area contributed by atoms with Gasteiger partial charge in [-0.3, -0.25) is 0 Å². The lowest BCUT2D eigenvalue weighted by Gasteiger charge is -2.33. The lowest BCUT2D eigenvalue weighted by atomic mass is 9.70. The van der Waals surface area contributed by atoms with Crippen LogP contribution in [0.1, 0.15) is 34.6 Å². The molecule has 0 aliphatic rings. The lowest BCUT2D eigenvalue weighted by Crippen LogP contribution is -2.30. The van der Waals surface area contributed by atoms with Gasteiger partial charge in [0.2, 0.25) is 0 Å². The predicted octanol–water partition coefficient (Wildman–Crippen LogP) is 2.26. The molecule has 9 heavy (non-hydrogen) atoms. The van der Waals surface area contributed by atoms with Crippen LogP contribution in [0.2, 0.25) is 0 Å². The molecule has 1 heteroatoms. The van der Waals surface area contributed by atoms with Crippen molar-refractivity contribution in [2.24, 2.45) is 10.8 Å². The fraction of sp³-hybridized carbons (Fsp3) is 0.875. The van der Waals surface area contributed by atoms with E-state index in [-0.39, 0.29) is 10.8 Å². The Balaban J connectivity index is 4.32. The Hall–Kier alpha value is -0.330. The molecule has 0 N–H and O–H groups in total. The third-order valence-electron chi connectivity index (χ3n) is 2.23. The van der Waals surface area contributed by atoms with E-state index in [9.17, 15) is 4.79 Å². The molecule has 1 nitrogen and oxygen atoms in total. The van der Waals surface area contributed by atoms with E-state index >= 15 is 0 Å². The van der Waals surface area contributed by atoms with Crippen LogP contribution in [0.25, 0.3) is 0 Å². The van der Waals surface area contributed by atoms with E-state index in [0.717, 1.165) is 6.29 Å².